The third kappa shape index (κ3) is 3.00. The number of nitrogens with one attached hydrogen (secondary N) is 2. The number of nitrogens with zero attached hydrogens (tertiary/aromatic N) is 4. The van der Waals surface area contributed by atoms with E-state index in [1.807, 2.05) is 31.4 Å². The van der Waals surface area contributed by atoms with Crippen LogP contribution in [0.5, 0.6) is 0 Å². The second-order valence-corrected chi connectivity index (χ2v) is 8.21. The molecule has 1 aliphatic rings. The maximum Gasteiger partial charge on any atom is 0.252 e. The summed E-state index contributed by atoms with van der Waals surface area (Å²) in [5.74, 6) is -1.93. The molecule has 30 heavy (non-hydrogen) atoms. The maximum atomic E-state index is 14.8. The van der Waals surface area contributed by atoms with Gasteiger partial charge in [-0.05, 0) is 38.5 Å². The second kappa shape index (κ2) is 6.45. The zero-order valence-corrected chi connectivity index (χ0v) is 16.8. The van der Waals surface area contributed by atoms with E-state index in [0.29, 0.717) is 22.7 Å². The van der Waals surface area contributed by atoms with Crippen molar-refractivity contribution in [3.05, 3.63) is 36.2 Å². The van der Waals surface area contributed by atoms with Crippen LogP contribution in [0.3, 0.4) is 0 Å². The van der Waals surface area contributed by atoms with Gasteiger partial charge in [0, 0.05) is 48.3 Å². The number of imidazole rings is 1. The molecule has 5 rings (SSSR count). The highest BCUT2D eigenvalue weighted by atomic mass is 19.3. The molecule has 2 N–H and O–H groups in total. The Bertz CT molecular complexity index is 1260. The minimum absolute atomic E-state index is 0.142. The van der Waals surface area contributed by atoms with Gasteiger partial charge >= 0.3 is 0 Å². The molecular formula is C21H21F3N6. The van der Waals surface area contributed by atoms with Crippen molar-refractivity contribution in [3.8, 4) is 11.1 Å². The third-order valence-corrected chi connectivity index (χ3v) is 5.61. The Morgan fingerprint density at radius 1 is 1.23 bits per heavy atom. The number of fused-ring (bicyclic) bond motifs is 2. The lowest BCUT2D eigenvalue weighted by atomic mass is 9.88. The van der Waals surface area contributed by atoms with Gasteiger partial charge in [0.15, 0.2) is 5.82 Å². The van der Waals surface area contributed by atoms with Crippen LogP contribution in [-0.4, -0.2) is 36.5 Å². The fraction of sp³-hybridized carbons (Fsp3) is 0.381. The molecule has 9 heteroatoms. The number of hydrogen-bond acceptors (Lipinski definition) is 4. The number of rotatable bonds is 4. The van der Waals surface area contributed by atoms with Crippen molar-refractivity contribution >= 4 is 28.0 Å². The number of aromatic amines is 1. The van der Waals surface area contributed by atoms with Crippen molar-refractivity contribution in [3.63, 3.8) is 0 Å². The predicted molar refractivity (Wildman–Crippen MR) is 109 cm³/mol. The number of H-pyrrole nitrogens is 1. The molecule has 0 atom stereocenters. The average molecular weight is 414 g/mol. The van der Waals surface area contributed by atoms with Gasteiger partial charge in [-0.15, -0.1) is 0 Å². The first-order valence-corrected chi connectivity index (χ1v) is 9.89. The highest BCUT2D eigenvalue weighted by Crippen LogP contribution is 2.39. The minimum Gasteiger partial charge on any atom is -0.351 e. The maximum absolute atomic E-state index is 14.8. The fourth-order valence-electron chi connectivity index (χ4n) is 4.24. The van der Waals surface area contributed by atoms with Gasteiger partial charge in [-0.1, -0.05) is 0 Å². The van der Waals surface area contributed by atoms with E-state index in [-0.39, 0.29) is 30.7 Å². The molecule has 4 aromatic rings. The summed E-state index contributed by atoms with van der Waals surface area (Å²) in [5.41, 5.74) is 3.10. The predicted octanol–water partition coefficient (Wildman–Crippen LogP) is 5.21. The van der Waals surface area contributed by atoms with E-state index in [2.05, 4.69) is 25.3 Å². The van der Waals surface area contributed by atoms with Crippen molar-refractivity contribution in [2.45, 2.75) is 51.6 Å². The summed E-state index contributed by atoms with van der Waals surface area (Å²) in [6.07, 6.45) is 2.95. The molecule has 0 bridgehead atoms. The molecule has 156 valence electrons. The van der Waals surface area contributed by atoms with E-state index in [0.717, 1.165) is 22.3 Å². The molecule has 0 amide bonds. The van der Waals surface area contributed by atoms with Crippen LogP contribution in [0.1, 0.15) is 38.6 Å². The number of anilines is 1. The van der Waals surface area contributed by atoms with Crippen molar-refractivity contribution in [2.24, 2.45) is 0 Å². The second-order valence-electron chi connectivity index (χ2n) is 8.21. The average Bonchev–Trinajstić information content (AvgIpc) is 3.20. The van der Waals surface area contributed by atoms with Crippen LogP contribution in [0.2, 0.25) is 0 Å². The number of aryl methyl sites for hydroxylation is 1. The Kier molecular flexibility index (Phi) is 4.06. The molecule has 0 saturated heterocycles. The molecule has 6 nitrogen and oxygen atoms in total. The first-order valence-electron chi connectivity index (χ1n) is 9.89. The smallest absolute Gasteiger partial charge is 0.252 e. The van der Waals surface area contributed by atoms with Gasteiger partial charge in [0.05, 0.1) is 5.52 Å². The summed E-state index contributed by atoms with van der Waals surface area (Å²) in [4.78, 5) is 16.1. The molecule has 3 aromatic heterocycles. The molecule has 1 aliphatic carbocycles. The molecule has 1 saturated carbocycles. The topological polar surface area (TPSA) is 71.4 Å². The van der Waals surface area contributed by atoms with E-state index in [1.165, 1.54) is 6.07 Å². The highest BCUT2D eigenvalue weighted by Gasteiger charge is 2.45. The minimum atomic E-state index is -2.61. The van der Waals surface area contributed by atoms with Crippen molar-refractivity contribution in [1.29, 1.82) is 0 Å². The SMILES string of the molecule is Cc1nc2c(F)cc(-c3c[nH]c4nc(NC5CC(F)(F)C5)ncc34)cc2n1C(C)C. The molecule has 0 aliphatic heterocycles. The Balaban J connectivity index is 1.53. The molecule has 0 spiro atoms. The lowest BCUT2D eigenvalue weighted by molar-refractivity contribution is -0.0794. The van der Waals surface area contributed by atoms with Gasteiger partial charge in [0.1, 0.15) is 17.0 Å². The van der Waals surface area contributed by atoms with E-state index < -0.39 is 5.92 Å². The van der Waals surface area contributed by atoms with E-state index in [1.54, 1.807) is 12.4 Å². The number of halogens is 3. The number of aromatic nitrogens is 5. The van der Waals surface area contributed by atoms with Crippen LogP contribution in [0, 0.1) is 12.7 Å². The third-order valence-electron chi connectivity index (χ3n) is 5.61. The van der Waals surface area contributed by atoms with Gasteiger partial charge in [0.2, 0.25) is 5.95 Å². The van der Waals surface area contributed by atoms with Gasteiger partial charge in [-0.25, -0.2) is 23.1 Å². The Labute approximate surface area is 170 Å². The summed E-state index contributed by atoms with van der Waals surface area (Å²) < 4.78 is 42.9. The van der Waals surface area contributed by atoms with Crippen LogP contribution in [0.4, 0.5) is 19.1 Å². The number of alkyl halides is 2. The highest BCUT2D eigenvalue weighted by molar-refractivity contribution is 5.96. The van der Waals surface area contributed by atoms with Crippen molar-refractivity contribution in [1.82, 2.24) is 24.5 Å². The Hall–Kier alpha value is -3.10. The molecule has 1 fully saturated rings. The summed E-state index contributed by atoms with van der Waals surface area (Å²) in [6, 6.07) is 3.19. The zero-order chi connectivity index (χ0) is 21.2. The summed E-state index contributed by atoms with van der Waals surface area (Å²) in [7, 11) is 0. The van der Waals surface area contributed by atoms with E-state index in [9.17, 15) is 13.2 Å². The molecule has 0 radical (unpaired) electrons. The Morgan fingerprint density at radius 3 is 2.70 bits per heavy atom. The molecule has 1 aromatic carbocycles. The monoisotopic (exact) mass is 414 g/mol. The van der Waals surface area contributed by atoms with Crippen LogP contribution >= 0.6 is 0 Å². The van der Waals surface area contributed by atoms with Crippen LogP contribution in [0.15, 0.2) is 24.5 Å². The normalized spacial score (nSPS) is 16.5. The lowest BCUT2D eigenvalue weighted by Gasteiger charge is -2.35. The van der Waals surface area contributed by atoms with Crippen LogP contribution < -0.4 is 5.32 Å². The molecule has 3 heterocycles. The van der Waals surface area contributed by atoms with Crippen molar-refractivity contribution < 1.29 is 13.2 Å². The van der Waals surface area contributed by atoms with Gasteiger partial charge in [0.25, 0.3) is 5.92 Å². The Morgan fingerprint density at radius 2 is 2.00 bits per heavy atom. The first-order chi connectivity index (χ1) is 14.2. The van der Waals surface area contributed by atoms with Gasteiger partial charge < -0.3 is 14.9 Å². The van der Waals surface area contributed by atoms with Crippen LogP contribution in [-0.2, 0) is 0 Å². The number of hydrogen-bond donors (Lipinski definition) is 2. The summed E-state index contributed by atoms with van der Waals surface area (Å²) >= 11 is 0. The van der Waals surface area contributed by atoms with E-state index >= 15 is 0 Å². The quantitative estimate of drug-likeness (QED) is 0.481. The standard InChI is InChI=1S/C21H21F3N6/c1-10(2)30-11(3)27-18-16(22)4-12(5-17(18)30)14-8-25-19-15(14)9-26-20(29-19)28-13-6-21(23,24)7-13/h4-5,8-10,13H,6-7H2,1-3H3,(H2,25,26,28,29). The van der Waals surface area contributed by atoms with Crippen LogP contribution in [0.25, 0.3) is 33.2 Å². The summed E-state index contributed by atoms with van der Waals surface area (Å²) in [5, 5.41) is 3.66. The first kappa shape index (κ1) is 18.9. The molecule has 0 unspecified atom stereocenters. The van der Waals surface area contributed by atoms with E-state index in [4.69, 9.17) is 0 Å². The fourth-order valence-corrected chi connectivity index (χ4v) is 4.24. The van der Waals surface area contributed by atoms with Gasteiger partial charge in [-0.2, -0.15) is 4.98 Å². The zero-order valence-electron chi connectivity index (χ0n) is 16.8. The largest absolute Gasteiger partial charge is 0.351 e. The van der Waals surface area contributed by atoms with Crippen molar-refractivity contribution in [2.75, 3.05) is 5.32 Å². The number of benzene rings is 1. The summed E-state index contributed by atoms with van der Waals surface area (Å²) in [6.45, 7) is 5.93. The lowest BCUT2D eigenvalue weighted by Crippen LogP contribution is -2.44. The molecular weight excluding hydrogens is 393 g/mol. The van der Waals surface area contributed by atoms with Gasteiger partial charge in [-0.3, -0.25) is 0 Å².